The molecule has 1 fully saturated rings. The summed E-state index contributed by atoms with van der Waals surface area (Å²) in [7, 11) is 0. The average molecular weight is 295 g/mol. The number of nitrogens with one attached hydrogen (secondary N) is 1. The van der Waals surface area contributed by atoms with Gasteiger partial charge < -0.3 is 15.3 Å². The van der Waals surface area contributed by atoms with Gasteiger partial charge in [-0.3, -0.25) is 0 Å². The van der Waals surface area contributed by atoms with Gasteiger partial charge in [0.25, 0.3) is 0 Å². The minimum Gasteiger partial charge on any atom is -0.476 e. The Morgan fingerprint density at radius 2 is 2.24 bits per heavy atom. The number of aromatic carboxylic acids is 1. The highest BCUT2D eigenvalue weighted by molar-refractivity contribution is 5.84. The number of nitrogens with zero attached hydrogens (tertiary/aromatic N) is 4. The minimum absolute atomic E-state index is 0.00213. The smallest absolute Gasteiger partial charge is 0.358 e. The Balaban J connectivity index is 1.77. The van der Waals surface area contributed by atoms with Crippen LogP contribution in [0.15, 0.2) is 6.20 Å². The molecular formula is C13H21N5O3. The Hall–Kier alpha value is -2.12. The van der Waals surface area contributed by atoms with Crippen LogP contribution in [0.3, 0.4) is 0 Å². The summed E-state index contributed by atoms with van der Waals surface area (Å²) in [6.45, 7) is 5.17. The molecule has 0 saturated carbocycles. The van der Waals surface area contributed by atoms with Crippen LogP contribution in [0.2, 0.25) is 0 Å². The first-order valence-corrected chi connectivity index (χ1v) is 7.21. The van der Waals surface area contributed by atoms with Crippen molar-refractivity contribution in [3.05, 3.63) is 11.9 Å². The topological polar surface area (TPSA) is 100 Å². The van der Waals surface area contributed by atoms with E-state index in [2.05, 4.69) is 22.6 Å². The Morgan fingerprint density at radius 3 is 2.81 bits per heavy atom. The summed E-state index contributed by atoms with van der Waals surface area (Å²) in [5, 5.41) is 19.1. The number of carboxylic acids is 1. The maximum atomic E-state index is 12.0. The number of rotatable bonds is 6. The molecule has 0 bridgehead atoms. The highest BCUT2D eigenvalue weighted by atomic mass is 16.4. The zero-order chi connectivity index (χ0) is 15.4. The monoisotopic (exact) mass is 295 g/mol. The second-order valence-electron chi connectivity index (χ2n) is 5.44. The molecule has 0 radical (unpaired) electrons. The molecule has 1 atom stereocenters. The third-order valence-corrected chi connectivity index (χ3v) is 3.61. The van der Waals surface area contributed by atoms with Crippen LogP contribution in [0.25, 0.3) is 0 Å². The molecule has 1 aromatic rings. The summed E-state index contributed by atoms with van der Waals surface area (Å²) in [6, 6.07) is 0.0946. The van der Waals surface area contributed by atoms with Gasteiger partial charge in [0.05, 0.1) is 12.2 Å². The van der Waals surface area contributed by atoms with E-state index in [4.69, 9.17) is 5.11 Å². The van der Waals surface area contributed by atoms with Crippen LogP contribution in [0.5, 0.6) is 0 Å². The second kappa shape index (κ2) is 6.55. The lowest BCUT2D eigenvalue weighted by Gasteiger charge is -2.39. The SMILES string of the molecule is CCCCC(C)NC(=O)N1CC(n2cc(C(=O)O)nn2)C1. The van der Waals surface area contributed by atoms with Gasteiger partial charge >= 0.3 is 12.0 Å². The average Bonchev–Trinajstić information content (AvgIpc) is 2.84. The molecule has 1 aliphatic rings. The molecule has 1 saturated heterocycles. The zero-order valence-corrected chi connectivity index (χ0v) is 12.3. The first kappa shape index (κ1) is 15.3. The first-order valence-electron chi connectivity index (χ1n) is 7.21. The van der Waals surface area contributed by atoms with Crippen molar-refractivity contribution in [1.29, 1.82) is 0 Å². The number of hydrogen-bond acceptors (Lipinski definition) is 4. The number of aromatic nitrogens is 3. The zero-order valence-electron chi connectivity index (χ0n) is 12.3. The Bertz CT molecular complexity index is 510. The summed E-state index contributed by atoms with van der Waals surface area (Å²) < 4.78 is 1.51. The largest absolute Gasteiger partial charge is 0.476 e. The number of unbranched alkanes of at least 4 members (excludes halogenated alkanes) is 1. The van der Waals surface area contributed by atoms with Gasteiger partial charge in [-0.2, -0.15) is 0 Å². The van der Waals surface area contributed by atoms with Crippen LogP contribution >= 0.6 is 0 Å². The van der Waals surface area contributed by atoms with Gasteiger partial charge in [0.15, 0.2) is 5.69 Å². The molecule has 2 amide bonds. The fourth-order valence-electron chi connectivity index (χ4n) is 2.23. The highest BCUT2D eigenvalue weighted by Crippen LogP contribution is 2.20. The number of carbonyl (C=O) groups excluding carboxylic acids is 1. The Labute approximate surface area is 123 Å². The third kappa shape index (κ3) is 3.71. The summed E-state index contributed by atoms with van der Waals surface area (Å²) in [6.07, 6.45) is 4.59. The van der Waals surface area contributed by atoms with Crippen LogP contribution in [0.1, 0.15) is 49.6 Å². The molecule has 2 rings (SSSR count). The van der Waals surface area contributed by atoms with Gasteiger partial charge in [-0.15, -0.1) is 5.10 Å². The van der Waals surface area contributed by atoms with Crippen LogP contribution in [0, 0.1) is 0 Å². The van der Waals surface area contributed by atoms with E-state index in [0.717, 1.165) is 19.3 Å². The molecule has 21 heavy (non-hydrogen) atoms. The number of carbonyl (C=O) groups is 2. The van der Waals surface area contributed by atoms with E-state index in [-0.39, 0.29) is 23.8 Å². The van der Waals surface area contributed by atoms with Crippen molar-refractivity contribution in [3.8, 4) is 0 Å². The van der Waals surface area contributed by atoms with E-state index in [9.17, 15) is 9.59 Å². The minimum atomic E-state index is -1.10. The fourth-order valence-corrected chi connectivity index (χ4v) is 2.23. The maximum absolute atomic E-state index is 12.0. The number of carboxylic acid groups (broad SMARTS) is 1. The van der Waals surface area contributed by atoms with Crippen LogP contribution in [-0.2, 0) is 0 Å². The van der Waals surface area contributed by atoms with Crippen molar-refractivity contribution >= 4 is 12.0 Å². The van der Waals surface area contributed by atoms with Crippen molar-refractivity contribution in [3.63, 3.8) is 0 Å². The van der Waals surface area contributed by atoms with Crippen molar-refractivity contribution < 1.29 is 14.7 Å². The summed E-state index contributed by atoms with van der Waals surface area (Å²) >= 11 is 0. The van der Waals surface area contributed by atoms with E-state index < -0.39 is 5.97 Å². The molecule has 0 aliphatic carbocycles. The number of urea groups is 1. The van der Waals surface area contributed by atoms with Crippen LogP contribution < -0.4 is 5.32 Å². The molecule has 1 aliphatic heterocycles. The van der Waals surface area contributed by atoms with Gasteiger partial charge in [-0.25, -0.2) is 14.3 Å². The summed E-state index contributed by atoms with van der Waals surface area (Å²) in [4.78, 5) is 24.4. The number of amides is 2. The molecule has 2 N–H and O–H groups in total. The summed E-state index contributed by atoms with van der Waals surface area (Å²) in [5.41, 5.74) is -0.0777. The maximum Gasteiger partial charge on any atom is 0.358 e. The third-order valence-electron chi connectivity index (χ3n) is 3.61. The second-order valence-corrected chi connectivity index (χ2v) is 5.44. The van der Waals surface area contributed by atoms with Gasteiger partial charge in [-0.05, 0) is 13.3 Å². The van der Waals surface area contributed by atoms with Crippen molar-refractivity contribution in [2.45, 2.75) is 45.2 Å². The fraction of sp³-hybridized carbons (Fsp3) is 0.692. The molecule has 8 heteroatoms. The van der Waals surface area contributed by atoms with Gasteiger partial charge in [0, 0.05) is 19.1 Å². The predicted octanol–water partition coefficient (Wildman–Crippen LogP) is 1.12. The van der Waals surface area contributed by atoms with E-state index in [1.165, 1.54) is 10.9 Å². The summed E-state index contributed by atoms with van der Waals surface area (Å²) in [5.74, 6) is -1.10. The van der Waals surface area contributed by atoms with Gasteiger partial charge in [0.2, 0.25) is 0 Å². The van der Waals surface area contributed by atoms with E-state index in [0.29, 0.717) is 13.1 Å². The molecular weight excluding hydrogens is 274 g/mol. The molecule has 1 unspecified atom stereocenters. The standard InChI is InChI=1S/C13H21N5O3/c1-3-4-5-9(2)14-13(21)17-6-10(7-17)18-8-11(12(19)20)15-16-18/h8-10H,3-7H2,1-2H3,(H,14,21)(H,19,20). The molecule has 0 aromatic carbocycles. The Morgan fingerprint density at radius 1 is 1.52 bits per heavy atom. The number of likely N-dealkylation sites (tertiary alicyclic amines) is 1. The Kier molecular flexibility index (Phi) is 4.77. The molecule has 0 spiro atoms. The molecule has 116 valence electrons. The van der Waals surface area contributed by atoms with E-state index >= 15 is 0 Å². The van der Waals surface area contributed by atoms with Crippen molar-refractivity contribution in [2.24, 2.45) is 0 Å². The van der Waals surface area contributed by atoms with Crippen molar-refractivity contribution in [1.82, 2.24) is 25.2 Å². The quantitative estimate of drug-likeness (QED) is 0.819. The van der Waals surface area contributed by atoms with E-state index in [1.54, 1.807) is 4.90 Å². The lowest BCUT2D eigenvalue weighted by atomic mass is 10.1. The van der Waals surface area contributed by atoms with Gasteiger partial charge in [0.1, 0.15) is 0 Å². The lowest BCUT2D eigenvalue weighted by molar-refractivity contribution is 0.0690. The number of hydrogen-bond donors (Lipinski definition) is 2. The van der Waals surface area contributed by atoms with Crippen LogP contribution in [-0.4, -0.2) is 56.1 Å². The predicted molar refractivity (Wildman–Crippen MR) is 75.1 cm³/mol. The highest BCUT2D eigenvalue weighted by Gasteiger charge is 2.33. The molecule has 8 nitrogen and oxygen atoms in total. The molecule has 1 aromatic heterocycles. The normalized spacial score (nSPS) is 16.4. The van der Waals surface area contributed by atoms with Gasteiger partial charge in [-0.1, -0.05) is 25.0 Å². The van der Waals surface area contributed by atoms with Crippen molar-refractivity contribution in [2.75, 3.05) is 13.1 Å². The lowest BCUT2D eigenvalue weighted by Crippen LogP contribution is -2.55. The van der Waals surface area contributed by atoms with Crippen LogP contribution in [0.4, 0.5) is 4.79 Å². The molecule has 2 heterocycles. The van der Waals surface area contributed by atoms with E-state index in [1.807, 2.05) is 6.92 Å². The first-order chi connectivity index (χ1) is 10.0.